The van der Waals surface area contributed by atoms with Crippen LogP contribution in [0.4, 0.5) is 0 Å². The SMILES string of the molecule is Cc1cccc(C(CN)c2cn(C)c3ccccc23)c1. The van der Waals surface area contributed by atoms with Crippen LogP contribution < -0.4 is 5.73 Å². The first-order chi connectivity index (χ1) is 9.70. The second-order valence-corrected chi connectivity index (χ2v) is 5.41. The van der Waals surface area contributed by atoms with Gasteiger partial charge in [-0.15, -0.1) is 0 Å². The van der Waals surface area contributed by atoms with Crippen LogP contribution in [0, 0.1) is 6.92 Å². The van der Waals surface area contributed by atoms with Gasteiger partial charge in [0.2, 0.25) is 0 Å². The van der Waals surface area contributed by atoms with Crippen LogP contribution in [-0.4, -0.2) is 11.1 Å². The van der Waals surface area contributed by atoms with Crippen molar-refractivity contribution < 1.29 is 0 Å². The number of rotatable bonds is 3. The van der Waals surface area contributed by atoms with Crippen molar-refractivity contribution in [2.24, 2.45) is 12.8 Å². The van der Waals surface area contributed by atoms with Gasteiger partial charge in [0.25, 0.3) is 0 Å². The fourth-order valence-corrected chi connectivity index (χ4v) is 2.98. The molecule has 0 fully saturated rings. The Hall–Kier alpha value is -2.06. The molecule has 0 amide bonds. The third-order valence-corrected chi connectivity index (χ3v) is 3.98. The van der Waals surface area contributed by atoms with E-state index in [0.717, 1.165) is 0 Å². The summed E-state index contributed by atoms with van der Waals surface area (Å²) in [5, 5.41) is 1.30. The molecule has 0 bridgehead atoms. The molecule has 2 heteroatoms. The Kier molecular flexibility index (Phi) is 3.33. The van der Waals surface area contributed by atoms with Crippen LogP contribution in [0.15, 0.2) is 54.7 Å². The molecule has 20 heavy (non-hydrogen) atoms. The Bertz CT molecular complexity index is 740. The maximum Gasteiger partial charge on any atom is 0.0480 e. The number of aromatic nitrogens is 1. The molecule has 1 aromatic heterocycles. The van der Waals surface area contributed by atoms with Crippen molar-refractivity contribution in [3.63, 3.8) is 0 Å². The molecule has 1 heterocycles. The molecule has 0 saturated carbocycles. The summed E-state index contributed by atoms with van der Waals surface area (Å²) in [7, 11) is 2.09. The van der Waals surface area contributed by atoms with E-state index in [-0.39, 0.29) is 5.92 Å². The predicted molar refractivity (Wildman–Crippen MR) is 85.0 cm³/mol. The van der Waals surface area contributed by atoms with Crippen molar-refractivity contribution in [1.82, 2.24) is 4.57 Å². The molecule has 102 valence electrons. The van der Waals surface area contributed by atoms with Gasteiger partial charge in [0.15, 0.2) is 0 Å². The van der Waals surface area contributed by atoms with E-state index in [1.165, 1.54) is 27.6 Å². The van der Waals surface area contributed by atoms with Gasteiger partial charge in [-0.05, 0) is 24.1 Å². The molecule has 3 aromatic rings. The molecule has 3 rings (SSSR count). The van der Waals surface area contributed by atoms with Crippen molar-refractivity contribution >= 4 is 10.9 Å². The van der Waals surface area contributed by atoms with Gasteiger partial charge >= 0.3 is 0 Å². The van der Waals surface area contributed by atoms with Crippen molar-refractivity contribution in [1.29, 1.82) is 0 Å². The number of aryl methyl sites for hydroxylation is 2. The highest BCUT2D eigenvalue weighted by atomic mass is 14.9. The van der Waals surface area contributed by atoms with Gasteiger partial charge in [-0.1, -0.05) is 48.0 Å². The second kappa shape index (κ2) is 5.14. The van der Waals surface area contributed by atoms with Crippen LogP contribution in [0.5, 0.6) is 0 Å². The summed E-state index contributed by atoms with van der Waals surface area (Å²) >= 11 is 0. The molecule has 2 nitrogen and oxygen atoms in total. The van der Waals surface area contributed by atoms with E-state index < -0.39 is 0 Å². The first-order valence-corrected chi connectivity index (χ1v) is 7.01. The van der Waals surface area contributed by atoms with E-state index in [1.807, 2.05) is 0 Å². The smallest absolute Gasteiger partial charge is 0.0480 e. The minimum atomic E-state index is 0.251. The van der Waals surface area contributed by atoms with Crippen LogP contribution in [-0.2, 0) is 7.05 Å². The van der Waals surface area contributed by atoms with E-state index >= 15 is 0 Å². The molecule has 1 atom stereocenters. The third kappa shape index (κ3) is 2.12. The molecule has 0 aliphatic rings. The summed E-state index contributed by atoms with van der Waals surface area (Å²) in [4.78, 5) is 0. The zero-order valence-electron chi connectivity index (χ0n) is 12.0. The average Bonchev–Trinajstić information content (AvgIpc) is 2.78. The molecule has 0 saturated heterocycles. The molecular weight excluding hydrogens is 244 g/mol. The standard InChI is InChI=1S/C18H20N2/c1-13-6-5-7-14(10-13)16(11-19)17-12-20(2)18-9-4-3-8-15(17)18/h3-10,12,16H,11,19H2,1-2H3. The Labute approximate surface area is 119 Å². The fraction of sp³-hybridized carbons (Fsp3) is 0.222. The number of hydrogen-bond donors (Lipinski definition) is 1. The highest BCUT2D eigenvalue weighted by molar-refractivity contribution is 5.85. The first-order valence-electron chi connectivity index (χ1n) is 7.01. The molecule has 0 radical (unpaired) electrons. The lowest BCUT2D eigenvalue weighted by atomic mass is 9.90. The molecule has 0 spiro atoms. The second-order valence-electron chi connectivity index (χ2n) is 5.41. The average molecular weight is 264 g/mol. The Morgan fingerprint density at radius 2 is 1.90 bits per heavy atom. The normalized spacial score (nSPS) is 12.8. The minimum Gasteiger partial charge on any atom is -0.350 e. The van der Waals surface area contributed by atoms with Crippen LogP contribution in [0.2, 0.25) is 0 Å². The van der Waals surface area contributed by atoms with Crippen molar-refractivity contribution in [2.75, 3.05) is 6.54 Å². The summed E-state index contributed by atoms with van der Waals surface area (Å²) in [5.41, 5.74) is 11.2. The van der Waals surface area contributed by atoms with E-state index in [4.69, 9.17) is 5.73 Å². The Morgan fingerprint density at radius 1 is 1.10 bits per heavy atom. The minimum absolute atomic E-state index is 0.251. The lowest BCUT2D eigenvalue weighted by Gasteiger charge is -2.15. The number of hydrogen-bond acceptors (Lipinski definition) is 1. The van der Waals surface area contributed by atoms with Crippen LogP contribution in [0.3, 0.4) is 0 Å². The summed E-state index contributed by atoms with van der Waals surface area (Å²) in [6.07, 6.45) is 2.21. The Morgan fingerprint density at radius 3 is 2.65 bits per heavy atom. The highest BCUT2D eigenvalue weighted by Crippen LogP contribution is 2.31. The maximum absolute atomic E-state index is 6.08. The maximum atomic E-state index is 6.08. The van der Waals surface area contributed by atoms with E-state index in [2.05, 4.69) is 73.3 Å². The quantitative estimate of drug-likeness (QED) is 0.770. The van der Waals surface area contributed by atoms with Gasteiger partial charge in [-0.25, -0.2) is 0 Å². The molecule has 2 aromatic carbocycles. The Balaban J connectivity index is 2.17. The van der Waals surface area contributed by atoms with Gasteiger partial charge in [0.05, 0.1) is 0 Å². The number of para-hydroxylation sites is 1. The highest BCUT2D eigenvalue weighted by Gasteiger charge is 2.17. The van der Waals surface area contributed by atoms with Crippen molar-refractivity contribution in [3.8, 4) is 0 Å². The molecule has 2 N–H and O–H groups in total. The lowest BCUT2D eigenvalue weighted by molar-refractivity contribution is 0.815. The van der Waals surface area contributed by atoms with Gasteiger partial charge in [0, 0.05) is 36.6 Å². The summed E-state index contributed by atoms with van der Waals surface area (Å²) < 4.78 is 2.18. The van der Waals surface area contributed by atoms with Crippen LogP contribution in [0.1, 0.15) is 22.6 Å². The molecular formula is C18H20N2. The predicted octanol–water partition coefficient (Wildman–Crippen LogP) is 3.58. The number of nitrogens with zero attached hydrogens (tertiary/aromatic N) is 1. The molecule has 1 unspecified atom stereocenters. The summed E-state index contributed by atoms with van der Waals surface area (Å²) in [6.45, 7) is 2.75. The summed E-state index contributed by atoms with van der Waals surface area (Å²) in [6, 6.07) is 17.2. The van der Waals surface area contributed by atoms with E-state index in [0.29, 0.717) is 6.54 Å². The zero-order chi connectivity index (χ0) is 14.1. The van der Waals surface area contributed by atoms with Crippen LogP contribution >= 0.6 is 0 Å². The van der Waals surface area contributed by atoms with E-state index in [9.17, 15) is 0 Å². The van der Waals surface area contributed by atoms with Gasteiger partial charge in [-0.3, -0.25) is 0 Å². The monoisotopic (exact) mass is 264 g/mol. The molecule has 0 aliphatic carbocycles. The first kappa shape index (κ1) is 12.9. The number of benzene rings is 2. The van der Waals surface area contributed by atoms with Gasteiger partial charge < -0.3 is 10.3 Å². The summed E-state index contributed by atoms with van der Waals surface area (Å²) in [5.74, 6) is 0.251. The zero-order valence-corrected chi connectivity index (χ0v) is 12.0. The van der Waals surface area contributed by atoms with Gasteiger partial charge in [0.1, 0.15) is 0 Å². The van der Waals surface area contributed by atoms with Crippen molar-refractivity contribution in [2.45, 2.75) is 12.8 Å². The lowest BCUT2D eigenvalue weighted by Crippen LogP contribution is -2.13. The number of fused-ring (bicyclic) bond motifs is 1. The van der Waals surface area contributed by atoms with Crippen LogP contribution in [0.25, 0.3) is 10.9 Å². The largest absolute Gasteiger partial charge is 0.350 e. The van der Waals surface area contributed by atoms with Crippen molar-refractivity contribution in [3.05, 3.63) is 71.4 Å². The fourth-order valence-electron chi connectivity index (χ4n) is 2.98. The van der Waals surface area contributed by atoms with E-state index in [1.54, 1.807) is 0 Å². The molecule has 0 aliphatic heterocycles. The van der Waals surface area contributed by atoms with Gasteiger partial charge in [-0.2, -0.15) is 0 Å². The topological polar surface area (TPSA) is 30.9 Å². The third-order valence-electron chi connectivity index (χ3n) is 3.98. The number of nitrogens with two attached hydrogens (primary N) is 1.